The maximum Gasteiger partial charge on any atom is 0.355 e. The standard InChI is InChI=1S/C19H20N2O4S.ClH/c1-3-4-5-13-11-26-18-15(20)17(22)21(18)16(13)19(23)25-10-12-6-8-14(24-2)9-7-12;/h3-9,15,18H,1,10-11,20H2,2H3;1H/b5-4+;/t15?,18-;/m1./s1. The first-order valence-corrected chi connectivity index (χ1v) is 9.14. The molecule has 27 heavy (non-hydrogen) atoms. The Hall–Kier alpha value is -2.22. The Morgan fingerprint density at radius 1 is 1.41 bits per heavy atom. The zero-order chi connectivity index (χ0) is 18.7. The number of methoxy groups -OCH3 is 1. The van der Waals surface area contributed by atoms with Gasteiger partial charge in [-0.05, 0) is 23.3 Å². The maximum atomic E-state index is 12.7. The number of nitrogens with two attached hydrogens (primary N) is 1. The number of halogens is 1. The van der Waals surface area contributed by atoms with Crippen molar-refractivity contribution in [2.45, 2.75) is 18.0 Å². The summed E-state index contributed by atoms with van der Waals surface area (Å²) in [5.41, 5.74) is 7.67. The van der Waals surface area contributed by atoms with Crippen molar-refractivity contribution in [3.8, 4) is 5.75 Å². The van der Waals surface area contributed by atoms with Crippen molar-refractivity contribution in [1.29, 1.82) is 0 Å². The third-order valence-corrected chi connectivity index (χ3v) is 5.52. The molecule has 144 valence electrons. The van der Waals surface area contributed by atoms with Gasteiger partial charge < -0.3 is 15.2 Å². The van der Waals surface area contributed by atoms with Crippen LogP contribution < -0.4 is 10.5 Å². The molecule has 0 radical (unpaired) electrons. The highest BCUT2D eigenvalue weighted by molar-refractivity contribution is 8.00. The van der Waals surface area contributed by atoms with E-state index < -0.39 is 12.0 Å². The molecule has 2 heterocycles. The number of nitrogens with zero attached hydrogens (tertiary/aromatic N) is 1. The second kappa shape index (κ2) is 9.12. The smallest absolute Gasteiger partial charge is 0.355 e. The summed E-state index contributed by atoms with van der Waals surface area (Å²) in [4.78, 5) is 26.3. The Labute approximate surface area is 168 Å². The number of amides is 1. The fourth-order valence-corrected chi connectivity index (χ4v) is 4.05. The number of fused-ring (bicyclic) bond motifs is 1. The topological polar surface area (TPSA) is 81.9 Å². The Bertz CT molecular complexity index is 791. The summed E-state index contributed by atoms with van der Waals surface area (Å²) in [6.07, 6.45) is 5.13. The number of benzene rings is 1. The van der Waals surface area contributed by atoms with Gasteiger partial charge in [-0.2, -0.15) is 0 Å². The van der Waals surface area contributed by atoms with Crippen molar-refractivity contribution in [3.63, 3.8) is 0 Å². The molecule has 1 amide bonds. The van der Waals surface area contributed by atoms with Crippen LogP contribution in [-0.4, -0.2) is 41.1 Å². The third-order valence-electron chi connectivity index (χ3n) is 4.19. The molecule has 0 spiro atoms. The van der Waals surface area contributed by atoms with E-state index in [0.29, 0.717) is 5.75 Å². The van der Waals surface area contributed by atoms with Crippen molar-refractivity contribution in [3.05, 3.63) is 65.9 Å². The molecule has 0 bridgehead atoms. The van der Waals surface area contributed by atoms with Gasteiger partial charge in [0, 0.05) is 5.75 Å². The van der Waals surface area contributed by atoms with E-state index in [1.54, 1.807) is 37.5 Å². The van der Waals surface area contributed by atoms with E-state index in [1.165, 1.54) is 16.7 Å². The van der Waals surface area contributed by atoms with Crippen molar-refractivity contribution < 1.29 is 19.1 Å². The number of esters is 1. The summed E-state index contributed by atoms with van der Waals surface area (Å²) < 4.78 is 10.6. The second-order valence-corrected chi connectivity index (χ2v) is 6.93. The van der Waals surface area contributed by atoms with E-state index in [2.05, 4.69) is 6.58 Å². The minimum atomic E-state index is -0.575. The summed E-state index contributed by atoms with van der Waals surface area (Å²) in [6, 6.07) is 6.67. The summed E-state index contributed by atoms with van der Waals surface area (Å²) in [5, 5.41) is -0.216. The zero-order valence-corrected chi connectivity index (χ0v) is 16.4. The van der Waals surface area contributed by atoms with Gasteiger partial charge in [-0.25, -0.2) is 4.79 Å². The molecule has 1 fully saturated rings. The number of rotatable bonds is 6. The molecule has 6 nitrogen and oxygen atoms in total. The van der Waals surface area contributed by atoms with E-state index in [1.807, 2.05) is 12.1 Å². The molecule has 1 saturated heterocycles. The van der Waals surface area contributed by atoms with Crippen LogP contribution in [0, 0.1) is 0 Å². The molecule has 0 saturated carbocycles. The van der Waals surface area contributed by atoms with Gasteiger partial charge in [-0.1, -0.05) is 36.9 Å². The van der Waals surface area contributed by atoms with Crippen LogP contribution in [0.3, 0.4) is 0 Å². The number of carbonyl (C=O) groups excluding carboxylic acids is 2. The monoisotopic (exact) mass is 408 g/mol. The fourth-order valence-electron chi connectivity index (χ4n) is 2.78. The molecule has 1 unspecified atom stereocenters. The highest BCUT2D eigenvalue weighted by Crippen LogP contribution is 2.40. The van der Waals surface area contributed by atoms with Crippen LogP contribution in [0.15, 0.2) is 60.3 Å². The Kier molecular flexibility index (Phi) is 7.12. The number of allylic oxidation sites excluding steroid dienone is 3. The highest BCUT2D eigenvalue weighted by atomic mass is 35.5. The average Bonchev–Trinajstić information content (AvgIpc) is 2.69. The molecular formula is C19H21ClN2O4S. The summed E-state index contributed by atoms with van der Waals surface area (Å²) in [7, 11) is 1.59. The molecule has 2 aliphatic rings. The molecule has 8 heteroatoms. The van der Waals surface area contributed by atoms with Crippen LogP contribution >= 0.6 is 24.2 Å². The minimum absolute atomic E-state index is 0. The van der Waals surface area contributed by atoms with Crippen molar-refractivity contribution in [2.75, 3.05) is 12.9 Å². The Morgan fingerprint density at radius 3 is 2.74 bits per heavy atom. The molecule has 2 N–H and O–H groups in total. The van der Waals surface area contributed by atoms with Gasteiger partial charge in [0.15, 0.2) is 0 Å². The first-order chi connectivity index (χ1) is 12.6. The SMILES string of the molecule is C=C/C=C/C1=C(C(=O)OCc2ccc(OC)cc2)N2C(=O)C(N)[C@H]2SC1.Cl. The van der Waals surface area contributed by atoms with E-state index >= 15 is 0 Å². The number of β-lactam (4-membered cyclic amide) rings is 1. The van der Waals surface area contributed by atoms with Crippen molar-refractivity contribution >= 4 is 36.0 Å². The van der Waals surface area contributed by atoms with Crippen LogP contribution in [0.1, 0.15) is 5.56 Å². The third kappa shape index (κ3) is 4.21. The molecule has 0 aromatic heterocycles. The van der Waals surface area contributed by atoms with Crippen LogP contribution in [0.5, 0.6) is 5.75 Å². The first kappa shape index (κ1) is 21.1. The maximum absolute atomic E-state index is 12.7. The van der Waals surface area contributed by atoms with E-state index in [9.17, 15) is 9.59 Å². The van der Waals surface area contributed by atoms with Gasteiger partial charge in [0.2, 0.25) is 5.91 Å². The van der Waals surface area contributed by atoms with Crippen molar-refractivity contribution in [2.24, 2.45) is 5.73 Å². The normalized spacial score (nSPS) is 21.3. The van der Waals surface area contributed by atoms with Gasteiger partial charge in [0.25, 0.3) is 0 Å². The molecular weight excluding hydrogens is 388 g/mol. The molecule has 3 rings (SSSR count). The number of hydrogen-bond donors (Lipinski definition) is 1. The number of thioether (sulfide) groups is 1. The molecule has 0 aliphatic carbocycles. The zero-order valence-electron chi connectivity index (χ0n) is 14.8. The summed E-state index contributed by atoms with van der Waals surface area (Å²) >= 11 is 1.54. The minimum Gasteiger partial charge on any atom is -0.497 e. The Balaban J connectivity index is 0.00000261. The van der Waals surface area contributed by atoms with Gasteiger partial charge in [0.05, 0.1) is 7.11 Å². The van der Waals surface area contributed by atoms with Gasteiger partial charge in [0.1, 0.15) is 29.5 Å². The van der Waals surface area contributed by atoms with Crippen LogP contribution in [-0.2, 0) is 20.9 Å². The second-order valence-electron chi connectivity index (χ2n) is 5.83. The average molecular weight is 409 g/mol. The number of ether oxygens (including phenoxy) is 2. The van der Waals surface area contributed by atoms with E-state index in [4.69, 9.17) is 15.2 Å². The molecule has 1 aromatic carbocycles. The largest absolute Gasteiger partial charge is 0.497 e. The predicted octanol–water partition coefficient (Wildman–Crippen LogP) is 2.40. The lowest BCUT2D eigenvalue weighted by atomic mass is 10.0. The van der Waals surface area contributed by atoms with Crippen molar-refractivity contribution in [1.82, 2.24) is 4.90 Å². The molecule has 1 aromatic rings. The summed E-state index contributed by atoms with van der Waals surface area (Å²) in [5.74, 6) is 0.518. The van der Waals surface area contributed by atoms with E-state index in [-0.39, 0.29) is 36.0 Å². The van der Waals surface area contributed by atoms with Crippen LogP contribution in [0.2, 0.25) is 0 Å². The predicted molar refractivity (Wildman–Crippen MR) is 107 cm³/mol. The number of carbonyl (C=O) groups is 2. The van der Waals surface area contributed by atoms with E-state index in [0.717, 1.165) is 16.9 Å². The van der Waals surface area contributed by atoms with Gasteiger partial charge in [-0.15, -0.1) is 24.2 Å². The fraction of sp³-hybridized carbons (Fsp3) is 0.263. The quantitative estimate of drug-likeness (QED) is 0.442. The highest BCUT2D eigenvalue weighted by Gasteiger charge is 2.51. The van der Waals surface area contributed by atoms with Gasteiger partial charge in [-0.3, -0.25) is 9.69 Å². The number of hydrogen-bond acceptors (Lipinski definition) is 6. The van der Waals surface area contributed by atoms with Crippen LogP contribution in [0.25, 0.3) is 0 Å². The molecule has 2 atom stereocenters. The lowest BCUT2D eigenvalue weighted by Crippen LogP contribution is -2.68. The lowest BCUT2D eigenvalue weighted by molar-refractivity contribution is -0.151. The molecule has 2 aliphatic heterocycles. The van der Waals surface area contributed by atoms with Crippen LogP contribution in [0.4, 0.5) is 0 Å². The van der Waals surface area contributed by atoms with Gasteiger partial charge >= 0.3 is 5.97 Å². The Morgan fingerprint density at radius 2 is 2.11 bits per heavy atom. The summed E-state index contributed by atoms with van der Waals surface area (Å²) in [6.45, 7) is 3.74. The first-order valence-electron chi connectivity index (χ1n) is 8.09. The lowest BCUT2D eigenvalue weighted by Gasteiger charge is -2.48.